The van der Waals surface area contributed by atoms with Gasteiger partial charge in [-0.15, -0.1) is 0 Å². The zero-order chi connectivity index (χ0) is 13.7. The predicted molar refractivity (Wildman–Crippen MR) is 77.2 cm³/mol. The summed E-state index contributed by atoms with van der Waals surface area (Å²) in [4.78, 5) is 0. The van der Waals surface area contributed by atoms with Gasteiger partial charge in [0.15, 0.2) is 11.6 Å². The van der Waals surface area contributed by atoms with Crippen LogP contribution in [0, 0.1) is 11.7 Å². The van der Waals surface area contributed by atoms with Crippen LogP contribution in [0.1, 0.15) is 63.9 Å². The molecule has 1 aliphatic carbocycles. The molecule has 1 aromatic carbocycles. The van der Waals surface area contributed by atoms with E-state index in [-0.39, 0.29) is 5.82 Å². The Labute approximate surface area is 116 Å². The number of unbranched alkanes of at least 4 members (excludes halogenated alkanes) is 1. The summed E-state index contributed by atoms with van der Waals surface area (Å²) >= 11 is 0. The Balaban J connectivity index is 1.98. The van der Waals surface area contributed by atoms with Gasteiger partial charge in [0.2, 0.25) is 0 Å². The van der Waals surface area contributed by atoms with E-state index in [1.807, 2.05) is 6.07 Å². The Bertz CT molecular complexity index is 394. The summed E-state index contributed by atoms with van der Waals surface area (Å²) in [6.45, 7) is 5.02. The van der Waals surface area contributed by atoms with Gasteiger partial charge in [0, 0.05) is 0 Å². The Morgan fingerprint density at radius 2 is 1.95 bits per heavy atom. The highest BCUT2D eigenvalue weighted by Gasteiger charge is 2.20. The molecule has 2 rings (SSSR count). The molecule has 0 aromatic heterocycles. The van der Waals surface area contributed by atoms with Crippen LogP contribution in [-0.2, 0) is 0 Å². The average molecular weight is 264 g/mol. The summed E-state index contributed by atoms with van der Waals surface area (Å²) in [5.74, 6) is 1.57. The van der Waals surface area contributed by atoms with Crippen LogP contribution >= 0.6 is 0 Å². The van der Waals surface area contributed by atoms with E-state index in [2.05, 4.69) is 13.8 Å². The summed E-state index contributed by atoms with van der Waals surface area (Å²) in [5.41, 5.74) is 1.15. The van der Waals surface area contributed by atoms with Gasteiger partial charge in [-0.1, -0.05) is 39.2 Å². The largest absolute Gasteiger partial charge is 0.491 e. The fourth-order valence-corrected chi connectivity index (χ4v) is 2.81. The summed E-state index contributed by atoms with van der Waals surface area (Å²) in [7, 11) is 0. The van der Waals surface area contributed by atoms with E-state index in [0.29, 0.717) is 18.3 Å². The van der Waals surface area contributed by atoms with Crippen LogP contribution in [0.25, 0.3) is 0 Å². The minimum atomic E-state index is -0.202. The normalized spacial score (nSPS) is 23.3. The molecule has 2 heteroatoms. The van der Waals surface area contributed by atoms with Gasteiger partial charge < -0.3 is 4.74 Å². The van der Waals surface area contributed by atoms with Crippen LogP contribution in [0.4, 0.5) is 4.39 Å². The third-order valence-corrected chi connectivity index (χ3v) is 4.20. The van der Waals surface area contributed by atoms with Gasteiger partial charge in [-0.05, 0) is 48.8 Å². The zero-order valence-corrected chi connectivity index (χ0v) is 12.1. The van der Waals surface area contributed by atoms with Crippen molar-refractivity contribution < 1.29 is 9.13 Å². The maximum Gasteiger partial charge on any atom is 0.165 e. The number of hydrogen-bond donors (Lipinski definition) is 0. The summed E-state index contributed by atoms with van der Waals surface area (Å²) < 4.78 is 19.4. The molecule has 0 bridgehead atoms. The lowest BCUT2D eigenvalue weighted by Crippen LogP contribution is -2.11. The lowest BCUT2D eigenvalue weighted by Gasteiger charge is -2.26. The molecule has 0 radical (unpaired) electrons. The smallest absolute Gasteiger partial charge is 0.165 e. The van der Waals surface area contributed by atoms with E-state index in [0.717, 1.165) is 24.3 Å². The highest BCUT2D eigenvalue weighted by molar-refractivity contribution is 5.31. The monoisotopic (exact) mass is 264 g/mol. The van der Waals surface area contributed by atoms with E-state index in [9.17, 15) is 4.39 Å². The Kier molecular flexibility index (Phi) is 5.24. The molecular weight excluding hydrogens is 239 g/mol. The van der Waals surface area contributed by atoms with Crippen molar-refractivity contribution in [2.24, 2.45) is 5.92 Å². The predicted octanol–water partition coefficient (Wildman–Crippen LogP) is 5.30. The number of ether oxygens (including phenoxy) is 1. The maximum atomic E-state index is 14.0. The second kappa shape index (κ2) is 6.93. The lowest BCUT2D eigenvalue weighted by molar-refractivity contribution is 0.293. The van der Waals surface area contributed by atoms with E-state index < -0.39 is 0 Å². The first-order valence-corrected chi connectivity index (χ1v) is 7.63. The quantitative estimate of drug-likeness (QED) is 0.656. The Morgan fingerprint density at radius 3 is 2.58 bits per heavy atom. The minimum absolute atomic E-state index is 0.202. The standard InChI is InChI=1S/C17H25FO/c1-3-4-11-19-17-10-9-15(12-16(17)18)14-7-5-13(2)6-8-14/h9-10,12-14H,3-8,11H2,1-2H3. The van der Waals surface area contributed by atoms with Gasteiger partial charge in [0.05, 0.1) is 6.61 Å². The summed E-state index contributed by atoms with van der Waals surface area (Å²) in [6.07, 6.45) is 6.96. The molecule has 0 N–H and O–H groups in total. The van der Waals surface area contributed by atoms with E-state index in [1.54, 1.807) is 12.1 Å². The molecule has 0 unspecified atom stereocenters. The van der Waals surface area contributed by atoms with Crippen molar-refractivity contribution in [2.45, 2.75) is 58.3 Å². The fourth-order valence-electron chi connectivity index (χ4n) is 2.81. The van der Waals surface area contributed by atoms with Crippen LogP contribution in [0.3, 0.4) is 0 Å². The topological polar surface area (TPSA) is 9.23 Å². The molecule has 0 spiro atoms. The molecule has 19 heavy (non-hydrogen) atoms. The maximum absolute atomic E-state index is 14.0. The molecule has 1 fully saturated rings. The van der Waals surface area contributed by atoms with Gasteiger partial charge >= 0.3 is 0 Å². The number of halogens is 1. The Hall–Kier alpha value is -1.05. The lowest BCUT2D eigenvalue weighted by atomic mass is 9.79. The average Bonchev–Trinajstić information content (AvgIpc) is 2.42. The molecule has 0 aliphatic heterocycles. The second-order valence-corrected chi connectivity index (χ2v) is 5.85. The van der Waals surface area contributed by atoms with Crippen molar-refractivity contribution in [2.75, 3.05) is 6.61 Å². The minimum Gasteiger partial charge on any atom is -0.491 e. The van der Waals surface area contributed by atoms with E-state index >= 15 is 0 Å². The molecule has 0 amide bonds. The molecule has 1 aromatic rings. The molecule has 1 aliphatic rings. The first-order chi connectivity index (χ1) is 9.20. The van der Waals surface area contributed by atoms with Gasteiger partial charge in [-0.3, -0.25) is 0 Å². The van der Waals surface area contributed by atoms with Crippen LogP contribution in [-0.4, -0.2) is 6.61 Å². The van der Waals surface area contributed by atoms with Gasteiger partial charge in [-0.25, -0.2) is 4.39 Å². The molecule has 106 valence electrons. The zero-order valence-electron chi connectivity index (χ0n) is 12.1. The molecule has 1 nitrogen and oxygen atoms in total. The summed E-state index contributed by atoms with van der Waals surface area (Å²) in [6, 6.07) is 5.53. The van der Waals surface area contributed by atoms with Crippen molar-refractivity contribution in [1.29, 1.82) is 0 Å². The highest BCUT2D eigenvalue weighted by atomic mass is 19.1. The van der Waals surface area contributed by atoms with Crippen molar-refractivity contribution in [3.8, 4) is 5.75 Å². The number of benzene rings is 1. The van der Waals surface area contributed by atoms with Crippen LogP contribution in [0.2, 0.25) is 0 Å². The number of rotatable bonds is 5. The van der Waals surface area contributed by atoms with Crippen molar-refractivity contribution in [1.82, 2.24) is 0 Å². The molecule has 0 heterocycles. The van der Waals surface area contributed by atoms with Crippen molar-refractivity contribution >= 4 is 0 Å². The summed E-state index contributed by atoms with van der Waals surface area (Å²) in [5, 5.41) is 0. The molecular formula is C17H25FO. The van der Waals surface area contributed by atoms with E-state index in [4.69, 9.17) is 4.74 Å². The Morgan fingerprint density at radius 1 is 1.21 bits per heavy atom. The second-order valence-electron chi connectivity index (χ2n) is 5.85. The molecule has 0 saturated heterocycles. The molecule has 0 atom stereocenters. The van der Waals surface area contributed by atoms with Crippen LogP contribution < -0.4 is 4.74 Å². The number of hydrogen-bond acceptors (Lipinski definition) is 1. The van der Waals surface area contributed by atoms with Gasteiger partial charge in [-0.2, -0.15) is 0 Å². The molecule has 1 saturated carbocycles. The van der Waals surface area contributed by atoms with Gasteiger partial charge in [0.25, 0.3) is 0 Å². The van der Waals surface area contributed by atoms with Gasteiger partial charge in [0.1, 0.15) is 0 Å². The van der Waals surface area contributed by atoms with Crippen LogP contribution in [0.5, 0.6) is 5.75 Å². The third-order valence-electron chi connectivity index (χ3n) is 4.20. The first kappa shape index (κ1) is 14.4. The third kappa shape index (κ3) is 3.95. The fraction of sp³-hybridized carbons (Fsp3) is 0.647. The highest BCUT2D eigenvalue weighted by Crippen LogP contribution is 2.36. The SMILES string of the molecule is CCCCOc1ccc(C2CCC(C)CC2)cc1F. The van der Waals surface area contributed by atoms with Crippen LogP contribution in [0.15, 0.2) is 18.2 Å². The van der Waals surface area contributed by atoms with Crippen molar-refractivity contribution in [3.05, 3.63) is 29.6 Å². The van der Waals surface area contributed by atoms with E-state index in [1.165, 1.54) is 25.7 Å². The first-order valence-electron chi connectivity index (χ1n) is 7.63. The van der Waals surface area contributed by atoms with Crippen molar-refractivity contribution in [3.63, 3.8) is 0 Å².